The molecule has 5 nitrogen and oxygen atoms in total. The summed E-state index contributed by atoms with van der Waals surface area (Å²) in [6.45, 7) is 6.19. The molecule has 0 heterocycles. The van der Waals surface area contributed by atoms with Gasteiger partial charge in [0.1, 0.15) is 5.75 Å². The number of ether oxygens (including phenoxy) is 1. The van der Waals surface area contributed by atoms with Crippen molar-refractivity contribution in [1.29, 1.82) is 0 Å². The minimum Gasteiger partial charge on any atom is -0.494 e. The summed E-state index contributed by atoms with van der Waals surface area (Å²) < 4.78 is 5.37. The van der Waals surface area contributed by atoms with E-state index in [1.54, 1.807) is 13.1 Å². The van der Waals surface area contributed by atoms with Crippen LogP contribution in [0.25, 0.3) is 0 Å². The molecular weight excluding hydrogens is 304 g/mol. The SMILES string of the molecule is CCOc1ccc(C=NO[C@@H](C)C(=O)Nc2cccc(C)c2)cc1. The lowest BCUT2D eigenvalue weighted by Crippen LogP contribution is -2.26. The Morgan fingerprint density at radius 1 is 1.25 bits per heavy atom. The van der Waals surface area contributed by atoms with Crippen LogP contribution in [0.2, 0.25) is 0 Å². The minimum absolute atomic E-state index is 0.246. The van der Waals surface area contributed by atoms with Crippen LogP contribution in [0, 0.1) is 6.92 Å². The van der Waals surface area contributed by atoms with Crippen LogP contribution < -0.4 is 10.1 Å². The number of anilines is 1. The zero-order chi connectivity index (χ0) is 17.4. The number of nitrogens with zero attached hydrogens (tertiary/aromatic N) is 1. The highest BCUT2D eigenvalue weighted by Gasteiger charge is 2.14. The third-order valence-corrected chi connectivity index (χ3v) is 3.27. The summed E-state index contributed by atoms with van der Waals surface area (Å²) in [7, 11) is 0. The third-order valence-electron chi connectivity index (χ3n) is 3.27. The van der Waals surface area contributed by atoms with E-state index in [1.807, 2.05) is 62.4 Å². The molecule has 0 aliphatic carbocycles. The Labute approximate surface area is 142 Å². The summed E-state index contributed by atoms with van der Waals surface area (Å²) >= 11 is 0. The first kappa shape index (κ1) is 17.5. The normalized spacial score (nSPS) is 12.0. The number of hydrogen-bond acceptors (Lipinski definition) is 4. The van der Waals surface area contributed by atoms with Gasteiger partial charge in [0.15, 0.2) is 0 Å². The van der Waals surface area contributed by atoms with E-state index in [9.17, 15) is 4.79 Å². The highest BCUT2D eigenvalue weighted by molar-refractivity contribution is 5.94. The molecule has 126 valence electrons. The van der Waals surface area contributed by atoms with Crippen molar-refractivity contribution >= 4 is 17.8 Å². The van der Waals surface area contributed by atoms with E-state index >= 15 is 0 Å². The van der Waals surface area contributed by atoms with Gasteiger partial charge >= 0.3 is 0 Å². The van der Waals surface area contributed by atoms with Crippen LogP contribution in [0.4, 0.5) is 5.69 Å². The summed E-state index contributed by atoms with van der Waals surface area (Å²) in [6.07, 6.45) is 0.871. The van der Waals surface area contributed by atoms with Crippen molar-refractivity contribution in [1.82, 2.24) is 0 Å². The first-order chi connectivity index (χ1) is 11.6. The number of rotatable bonds is 7. The molecule has 24 heavy (non-hydrogen) atoms. The van der Waals surface area contributed by atoms with Crippen molar-refractivity contribution in [3.05, 3.63) is 59.7 Å². The van der Waals surface area contributed by atoms with Gasteiger partial charge in [0.05, 0.1) is 12.8 Å². The van der Waals surface area contributed by atoms with E-state index in [0.29, 0.717) is 6.61 Å². The fourth-order valence-corrected chi connectivity index (χ4v) is 2.01. The van der Waals surface area contributed by atoms with Crippen LogP contribution in [-0.4, -0.2) is 24.8 Å². The number of nitrogens with one attached hydrogen (secondary N) is 1. The maximum atomic E-state index is 12.1. The third kappa shape index (κ3) is 5.43. The Hall–Kier alpha value is -2.82. The Kier molecular flexibility index (Phi) is 6.37. The Bertz CT molecular complexity index is 696. The maximum Gasteiger partial charge on any atom is 0.267 e. The van der Waals surface area contributed by atoms with Crippen LogP contribution in [0.5, 0.6) is 5.75 Å². The molecule has 1 amide bonds. The van der Waals surface area contributed by atoms with E-state index in [1.165, 1.54) is 0 Å². The summed E-state index contributed by atoms with van der Waals surface area (Å²) in [5.74, 6) is 0.561. The van der Waals surface area contributed by atoms with Crippen molar-refractivity contribution in [2.75, 3.05) is 11.9 Å². The quantitative estimate of drug-likeness (QED) is 0.622. The average Bonchev–Trinajstić information content (AvgIpc) is 2.56. The number of carbonyl (C=O) groups excluding carboxylic acids is 1. The molecule has 0 saturated carbocycles. The van der Waals surface area contributed by atoms with E-state index in [2.05, 4.69) is 10.5 Å². The molecular formula is C19H22N2O3. The molecule has 0 radical (unpaired) electrons. The summed E-state index contributed by atoms with van der Waals surface area (Å²) in [5, 5.41) is 6.67. The molecule has 0 unspecified atom stereocenters. The van der Waals surface area contributed by atoms with Crippen molar-refractivity contribution < 1.29 is 14.4 Å². The molecule has 0 saturated heterocycles. The van der Waals surface area contributed by atoms with Gasteiger partial charge in [-0.25, -0.2) is 0 Å². The highest BCUT2D eigenvalue weighted by Crippen LogP contribution is 2.12. The standard InChI is InChI=1S/C19H22N2O3/c1-4-23-18-10-8-16(9-11-18)13-20-24-15(3)19(22)21-17-7-5-6-14(2)12-17/h5-13,15H,4H2,1-3H3,(H,21,22)/t15-/m0/s1. The number of amides is 1. The van der Waals surface area contributed by atoms with Gasteiger partial charge in [-0.05, 0) is 68.3 Å². The number of benzene rings is 2. The van der Waals surface area contributed by atoms with Gasteiger partial charge in [0, 0.05) is 5.69 Å². The monoisotopic (exact) mass is 326 g/mol. The van der Waals surface area contributed by atoms with Crippen molar-refractivity contribution in [2.45, 2.75) is 26.9 Å². The zero-order valence-corrected chi connectivity index (χ0v) is 14.2. The lowest BCUT2D eigenvalue weighted by Gasteiger charge is -2.10. The van der Waals surface area contributed by atoms with Gasteiger partial charge in [-0.2, -0.15) is 0 Å². The van der Waals surface area contributed by atoms with E-state index in [4.69, 9.17) is 9.57 Å². The molecule has 0 aliphatic rings. The number of oxime groups is 1. The molecule has 1 N–H and O–H groups in total. The second kappa shape index (κ2) is 8.72. The smallest absolute Gasteiger partial charge is 0.267 e. The first-order valence-electron chi connectivity index (χ1n) is 7.88. The second-order valence-electron chi connectivity index (χ2n) is 5.34. The zero-order valence-electron chi connectivity index (χ0n) is 14.2. The topological polar surface area (TPSA) is 59.9 Å². The Morgan fingerprint density at radius 2 is 2.00 bits per heavy atom. The van der Waals surface area contributed by atoms with Crippen LogP contribution in [-0.2, 0) is 9.63 Å². The average molecular weight is 326 g/mol. The maximum absolute atomic E-state index is 12.1. The largest absolute Gasteiger partial charge is 0.494 e. The molecule has 0 bridgehead atoms. The van der Waals surface area contributed by atoms with Gasteiger partial charge in [0.2, 0.25) is 6.10 Å². The number of hydrogen-bond donors (Lipinski definition) is 1. The van der Waals surface area contributed by atoms with Gasteiger partial charge < -0.3 is 14.9 Å². The molecule has 2 rings (SSSR count). The fraction of sp³-hybridized carbons (Fsp3) is 0.263. The fourth-order valence-electron chi connectivity index (χ4n) is 2.01. The minimum atomic E-state index is -0.690. The van der Waals surface area contributed by atoms with Crippen LogP contribution in [0.3, 0.4) is 0 Å². The highest BCUT2D eigenvalue weighted by atomic mass is 16.6. The Morgan fingerprint density at radius 3 is 2.67 bits per heavy atom. The van der Waals surface area contributed by atoms with Crippen molar-refractivity contribution in [3.8, 4) is 5.75 Å². The van der Waals surface area contributed by atoms with Gasteiger partial charge in [0.25, 0.3) is 5.91 Å². The molecule has 0 fully saturated rings. The summed E-state index contributed by atoms with van der Waals surface area (Å²) in [5.41, 5.74) is 2.69. The number of aryl methyl sites for hydroxylation is 1. The van der Waals surface area contributed by atoms with Gasteiger partial charge in [-0.1, -0.05) is 17.3 Å². The van der Waals surface area contributed by atoms with Crippen molar-refractivity contribution in [3.63, 3.8) is 0 Å². The number of carbonyl (C=O) groups is 1. The first-order valence-corrected chi connectivity index (χ1v) is 7.88. The lowest BCUT2D eigenvalue weighted by molar-refractivity contribution is -0.126. The van der Waals surface area contributed by atoms with Crippen LogP contribution >= 0.6 is 0 Å². The van der Waals surface area contributed by atoms with Crippen LogP contribution in [0.1, 0.15) is 25.0 Å². The van der Waals surface area contributed by atoms with E-state index < -0.39 is 6.10 Å². The second-order valence-corrected chi connectivity index (χ2v) is 5.34. The Balaban J connectivity index is 1.85. The molecule has 1 atom stereocenters. The predicted molar refractivity (Wildman–Crippen MR) is 95.6 cm³/mol. The molecule has 0 aromatic heterocycles. The lowest BCUT2D eigenvalue weighted by atomic mass is 10.2. The molecule has 0 aliphatic heterocycles. The van der Waals surface area contributed by atoms with E-state index in [0.717, 1.165) is 22.6 Å². The molecule has 0 spiro atoms. The summed E-state index contributed by atoms with van der Waals surface area (Å²) in [6, 6.07) is 15.0. The molecule has 2 aromatic carbocycles. The van der Waals surface area contributed by atoms with Crippen molar-refractivity contribution in [2.24, 2.45) is 5.16 Å². The van der Waals surface area contributed by atoms with Gasteiger partial charge in [-0.15, -0.1) is 0 Å². The van der Waals surface area contributed by atoms with Crippen LogP contribution in [0.15, 0.2) is 53.7 Å². The molecule has 5 heteroatoms. The summed E-state index contributed by atoms with van der Waals surface area (Å²) in [4.78, 5) is 17.3. The predicted octanol–water partition coefficient (Wildman–Crippen LogP) is 3.77. The van der Waals surface area contributed by atoms with Gasteiger partial charge in [-0.3, -0.25) is 4.79 Å². The molecule has 2 aromatic rings. The van der Waals surface area contributed by atoms with E-state index in [-0.39, 0.29) is 5.91 Å².